The molecule has 4 rings (SSSR count). The molecule has 0 aliphatic heterocycles. The molecule has 0 saturated heterocycles. The zero-order valence-electron chi connectivity index (χ0n) is 19.3. The molecule has 0 saturated carbocycles. The van der Waals surface area contributed by atoms with Gasteiger partial charge in [0.15, 0.2) is 0 Å². The molecule has 0 atom stereocenters. The smallest absolute Gasteiger partial charge is 0.248 e. The summed E-state index contributed by atoms with van der Waals surface area (Å²) in [5.74, 6) is 0.517. The van der Waals surface area contributed by atoms with E-state index in [1.165, 1.54) is 5.56 Å². The summed E-state index contributed by atoms with van der Waals surface area (Å²) in [5.41, 5.74) is 6.55. The Morgan fingerprint density at radius 3 is 2.61 bits per heavy atom. The lowest BCUT2D eigenvalue weighted by atomic mass is 9.98. The van der Waals surface area contributed by atoms with Crippen molar-refractivity contribution < 1.29 is 13.9 Å². The maximum Gasteiger partial charge on any atom is 0.248 e. The molecule has 1 aromatic heterocycles. The summed E-state index contributed by atoms with van der Waals surface area (Å²) in [6.45, 7) is 6.46. The van der Waals surface area contributed by atoms with E-state index >= 15 is 0 Å². The fourth-order valence-corrected chi connectivity index (χ4v) is 4.34. The molecule has 1 N–H and O–H groups in total. The molecule has 33 heavy (non-hydrogen) atoms. The second-order valence-corrected chi connectivity index (χ2v) is 8.66. The molecular formula is C28H27NO3S. The third-order valence-electron chi connectivity index (χ3n) is 5.48. The van der Waals surface area contributed by atoms with E-state index in [1.54, 1.807) is 24.1 Å². The van der Waals surface area contributed by atoms with Gasteiger partial charge in [0, 0.05) is 33.6 Å². The summed E-state index contributed by atoms with van der Waals surface area (Å²) < 4.78 is 11.8. The molecule has 1 amide bonds. The number of rotatable bonds is 7. The zero-order valence-corrected chi connectivity index (χ0v) is 20.1. The van der Waals surface area contributed by atoms with Crippen LogP contribution < -0.4 is 10.1 Å². The zero-order chi connectivity index (χ0) is 23.4. The average Bonchev–Trinajstić information content (AvgIpc) is 3.22. The van der Waals surface area contributed by atoms with Crippen LogP contribution in [0.2, 0.25) is 0 Å². The number of thioether (sulfide) groups is 1. The first-order chi connectivity index (χ1) is 16.0. The van der Waals surface area contributed by atoms with Crippen LogP contribution in [0.15, 0.2) is 82.3 Å². The van der Waals surface area contributed by atoms with Crippen LogP contribution in [0.3, 0.4) is 0 Å². The Morgan fingerprint density at radius 2 is 1.88 bits per heavy atom. The van der Waals surface area contributed by atoms with Gasteiger partial charge in [0.25, 0.3) is 0 Å². The van der Waals surface area contributed by atoms with Crippen molar-refractivity contribution in [3.63, 3.8) is 0 Å². The highest BCUT2D eigenvalue weighted by molar-refractivity contribution is 7.98. The van der Waals surface area contributed by atoms with Crippen LogP contribution in [0.5, 0.6) is 5.75 Å². The highest BCUT2D eigenvalue weighted by atomic mass is 32.2. The van der Waals surface area contributed by atoms with Gasteiger partial charge in [0.1, 0.15) is 11.3 Å². The largest absolute Gasteiger partial charge is 0.493 e. The van der Waals surface area contributed by atoms with Gasteiger partial charge in [-0.05, 0) is 56.4 Å². The Kier molecular flexibility index (Phi) is 6.90. The van der Waals surface area contributed by atoms with Crippen molar-refractivity contribution in [2.24, 2.45) is 0 Å². The Labute approximate surface area is 198 Å². The Balaban J connectivity index is 1.72. The van der Waals surface area contributed by atoms with E-state index in [0.717, 1.165) is 43.8 Å². The molecule has 0 spiro atoms. The monoisotopic (exact) mass is 457 g/mol. The number of aryl methyl sites for hydroxylation is 1. The number of carbonyl (C=O) groups excluding carboxylic acids is 1. The molecule has 0 bridgehead atoms. The maximum atomic E-state index is 12.8. The van der Waals surface area contributed by atoms with E-state index in [-0.39, 0.29) is 5.91 Å². The van der Waals surface area contributed by atoms with E-state index in [1.807, 2.05) is 56.5 Å². The lowest BCUT2D eigenvalue weighted by Gasteiger charge is -2.12. The van der Waals surface area contributed by atoms with Gasteiger partial charge in [-0.2, -0.15) is 0 Å². The van der Waals surface area contributed by atoms with Gasteiger partial charge in [-0.3, -0.25) is 4.79 Å². The predicted octanol–water partition coefficient (Wildman–Crippen LogP) is 7.57. The number of furan rings is 1. The lowest BCUT2D eigenvalue weighted by molar-refractivity contribution is -0.111. The fraction of sp³-hybridized carbons (Fsp3) is 0.179. The number of ether oxygens (including phenoxy) is 1. The first-order valence-corrected chi connectivity index (χ1v) is 12.1. The van der Waals surface area contributed by atoms with Gasteiger partial charge in [-0.25, -0.2) is 0 Å². The summed E-state index contributed by atoms with van der Waals surface area (Å²) in [6.07, 6.45) is 5.39. The van der Waals surface area contributed by atoms with Crippen LogP contribution in [0.25, 0.3) is 27.7 Å². The second kappa shape index (κ2) is 10.0. The number of fused-ring (bicyclic) bond motifs is 1. The average molecular weight is 458 g/mol. The van der Waals surface area contributed by atoms with Gasteiger partial charge in [-0.1, -0.05) is 42.0 Å². The van der Waals surface area contributed by atoms with Crippen LogP contribution in [0.4, 0.5) is 5.69 Å². The third-order valence-corrected chi connectivity index (χ3v) is 6.27. The minimum absolute atomic E-state index is 0.178. The standard InChI is InChI=1S/C28H27NO3S/c1-5-31-25-16-26-22(23(17-32-26)20-12-10-18(2)11-13-20)15-21(25)19(3)14-28(30)29-24-8-6-7-9-27(24)33-4/h6-17H,5H2,1-4H3,(H,29,30)/b19-14+. The quantitative estimate of drug-likeness (QED) is 0.230. The lowest BCUT2D eigenvalue weighted by Crippen LogP contribution is -2.09. The van der Waals surface area contributed by atoms with Crippen molar-refractivity contribution in [1.82, 2.24) is 0 Å². The summed E-state index contributed by atoms with van der Waals surface area (Å²) in [7, 11) is 0. The van der Waals surface area contributed by atoms with Crippen molar-refractivity contribution >= 4 is 39.9 Å². The maximum absolute atomic E-state index is 12.8. The van der Waals surface area contributed by atoms with E-state index in [4.69, 9.17) is 9.15 Å². The number of amides is 1. The topological polar surface area (TPSA) is 51.5 Å². The number of anilines is 1. The number of benzene rings is 3. The Morgan fingerprint density at radius 1 is 1.12 bits per heavy atom. The van der Waals surface area contributed by atoms with Crippen LogP contribution >= 0.6 is 11.8 Å². The fourth-order valence-electron chi connectivity index (χ4n) is 3.79. The van der Waals surface area contributed by atoms with Gasteiger partial charge >= 0.3 is 0 Å². The van der Waals surface area contributed by atoms with E-state index in [9.17, 15) is 4.79 Å². The van der Waals surface area contributed by atoms with Crippen molar-refractivity contribution in [3.05, 3.63) is 84.1 Å². The number of para-hydroxylation sites is 1. The molecule has 168 valence electrons. The van der Waals surface area contributed by atoms with Gasteiger partial charge in [0.05, 0.1) is 18.6 Å². The van der Waals surface area contributed by atoms with Gasteiger partial charge < -0.3 is 14.5 Å². The van der Waals surface area contributed by atoms with Crippen molar-refractivity contribution in [2.45, 2.75) is 25.7 Å². The molecule has 0 aliphatic carbocycles. The molecule has 5 heteroatoms. The Hall–Kier alpha value is -3.44. The van der Waals surface area contributed by atoms with Crippen LogP contribution in [-0.2, 0) is 4.79 Å². The van der Waals surface area contributed by atoms with Crippen LogP contribution in [-0.4, -0.2) is 18.8 Å². The highest BCUT2D eigenvalue weighted by Crippen LogP contribution is 2.37. The SMILES string of the molecule is CCOc1cc2occ(-c3ccc(C)cc3)c2cc1/C(C)=C/C(=O)Nc1ccccc1SC. The molecular weight excluding hydrogens is 430 g/mol. The normalized spacial score (nSPS) is 11.6. The van der Waals surface area contributed by atoms with Crippen molar-refractivity contribution in [2.75, 3.05) is 18.2 Å². The minimum Gasteiger partial charge on any atom is -0.493 e. The molecule has 3 aromatic carbocycles. The molecule has 0 radical (unpaired) electrons. The van der Waals surface area contributed by atoms with E-state index in [0.29, 0.717) is 12.4 Å². The van der Waals surface area contributed by atoms with Gasteiger partial charge in [-0.15, -0.1) is 11.8 Å². The molecule has 0 aliphatic rings. The molecule has 0 fully saturated rings. The van der Waals surface area contributed by atoms with Crippen LogP contribution in [0.1, 0.15) is 25.0 Å². The molecule has 0 unspecified atom stereocenters. The molecule has 1 heterocycles. The number of hydrogen-bond donors (Lipinski definition) is 1. The second-order valence-electron chi connectivity index (χ2n) is 7.81. The van der Waals surface area contributed by atoms with Gasteiger partial charge in [0.2, 0.25) is 5.91 Å². The number of allylic oxidation sites excluding steroid dienone is 1. The van der Waals surface area contributed by atoms with E-state index in [2.05, 4.69) is 36.5 Å². The first kappa shape index (κ1) is 22.7. The van der Waals surface area contributed by atoms with Crippen molar-refractivity contribution in [1.29, 1.82) is 0 Å². The minimum atomic E-state index is -0.178. The summed E-state index contributed by atoms with van der Waals surface area (Å²) in [6, 6.07) is 20.1. The first-order valence-electron chi connectivity index (χ1n) is 10.9. The Bertz CT molecular complexity index is 1320. The summed E-state index contributed by atoms with van der Waals surface area (Å²) in [5, 5.41) is 3.98. The number of carbonyl (C=O) groups is 1. The summed E-state index contributed by atoms with van der Waals surface area (Å²) >= 11 is 1.60. The highest BCUT2D eigenvalue weighted by Gasteiger charge is 2.15. The summed E-state index contributed by atoms with van der Waals surface area (Å²) in [4.78, 5) is 13.8. The predicted molar refractivity (Wildman–Crippen MR) is 138 cm³/mol. The van der Waals surface area contributed by atoms with Crippen molar-refractivity contribution in [3.8, 4) is 16.9 Å². The third kappa shape index (κ3) is 4.99. The molecule has 4 aromatic rings. The number of nitrogens with one attached hydrogen (secondary N) is 1. The molecule has 4 nitrogen and oxygen atoms in total. The number of hydrogen-bond acceptors (Lipinski definition) is 4. The van der Waals surface area contributed by atoms with E-state index < -0.39 is 0 Å². The van der Waals surface area contributed by atoms with Crippen LogP contribution in [0, 0.1) is 6.92 Å².